The zero-order valence-electron chi connectivity index (χ0n) is 12.6. The molecule has 2 N–H and O–H groups in total. The molecule has 0 radical (unpaired) electrons. The van der Waals surface area contributed by atoms with Gasteiger partial charge in [-0.1, -0.05) is 60.7 Å². The Morgan fingerprint density at radius 1 is 0.727 bits per heavy atom. The Morgan fingerprint density at radius 2 is 1.27 bits per heavy atom. The van der Waals surface area contributed by atoms with Crippen molar-refractivity contribution in [3.8, 4) is 0 Å². The fourth-order valence-corrected chi connectivity index (χ4v) is 2.76. The van der Waals surface area contributed by atoms with Gasteiger partial charge in [0.2, 0.25) is 0 Å². The number of aromatic amines is 1. The summed E-state index contributed by atoms with van der Waals surface area (Å²) in [5, 5.41) is 3.49. The van der Waals surface area contributed by atoms with Gasteiger partial charge in [0.05, 0.1) is 0 Å². The molecule has 0 unspecified atom stereocenters. The Balaban J connectivity index is 1.72. The Labute approximate surface area is 131 Å². The second kappa shape index (κ2) is 7.41. The summed E-state index contributed by atoms with van der Waals surface area (Å²) in [6.07, 6.45) is 4.94. The lowest BCUT2D eigenvalue weighted by Gasteiger charge is -2.18. The van der Waals surface area contributed by atoms with E-state index in [1.165, 1.54) is 11.1 Å². The van der Waals surface area contributed by atoms with Crippen molar-refractivity contribution < 1.29 is 4.98 Å². The molecular formula is C20H21N2+. The zero-order chi connectivity index (χ0) is 15.0. The Morgan fingerprint density at radius 3 is 1.82 bits per heavy atom. The minimum Gasteiger partial charge on any atom is -0.385 e. The fraction of sp³-hybridized carbons (Fsp3) is 0.150. The summed E-state index contributed by atoms with van der Waals surface area (Å²) in [5.41, 5.74) is 3.90. The summed E-state index contributed by atoms with van der Waals surface area (Å²) in [6, 6.07) is 25.6. The third-order valence-electron chi connectivity index (χ3n) is 3.88. The van der Waals surface area contributed by atoms with Gasteiger partial charge >= 0.3 is 0 Å². The summed E-state index contributed by atoms with van der Waals surface area (Å²) in [7, 11) is 0. The zero-order valence-corrected chi connectivity index (χ0v) is 12.6. The number of aromatic nitrogens is 1. The van der Waals surface area contributed by atoms with Gasteiger partial charge in [-0.2, -0.15) is 0 Å². The highest BCUT2D eigenvalue weighted by Crippen LogP contribution is 2.27. The first-order chi connectivity index (χ1) is 10.9. The van der Waals surface area contributed by atoms with Crippen molar-refractivity contribution in [1.29, 1.82) is 0 Å². The number of H-pyrrole nitrogens is 1. The van der Waals surface area contributed by atoms with E-state index in [1.54, 1.807) is 0 Å². The molecule has 0 saturated carbocycles. The molecule has 0 spiro atoms. The van der Waals surface area contributed by atoms with Crippen LogP contribution in [0.4, 0.5) is 5.69 Å². The van der Waals surface area contributed by atoms with Crippen LogP contribution in [-0.4, -0.2) is 6.54 Å². The molecule has 0 saturated heterocycles. The predicted octanol–water partition coefficient (Wildman–Crippen LogP) is 4.13. The fourth-order valence-electron chi connectivity index (χ4n) is 2.76. The molecule has 3 aromatic rings. The number of rotatable bonds is 6. The number of pyridine rings is 1. The Kier molecular flexibility index (Phi) is 4.83. The van der Waals surface area contributed by atoms with E-state index in [9.17, 15) is 0 Å². The normalized spacial score (nSPS) is 10.6. The largest absolute Gasteiger partial charge is 0.385 e. The maximum Gasteiger partial charge on any atom is 0.169 e. The molecule has 0 aliphatic carbocycles. The van der Waals surface area contributed by atoms with Crippen LogP contribution >= 0.6 is 0 Å². The van der Waals surface area contributed by atoms with Crippen molar-refractivity contribution in [3.05, 3.63) is 96.3 Å². The van der Waals surface area contributed by atoms with E-state index in [1.807, 2.05) is 12.4 Å². The van der Waals surface area contributed by atoms with E-state index in [4.69, 9.17) is 0 Å². The summed E-state index contributed by atoms with van der Waals surface area (Å²) in [6.45, 7) is 0.943. The summed E-state index contributed by atoms with van der Waals surface area (Å²) < 4.78 is 0. The number of benzene rings is 2. The van der Waals surface area contributed by atoms with E-state index in [0.717, 1.165) is 18.7 Å². The smallest absolute Gasteiger partial charge is 0.169 e. The maximum atomic E-state index is 3.49. The monoisotopic (exact) mass is 289 g/mol. The molecule has 1 aromatic heterocycles. The Hall–Kier alpha value is -2.61. The second-order valence-corrected chi connectivity index (χ2v) is 5.38. The molecule has 0 fully saturated rings. The van der Waals surface area contributed by atoms with Crippen LogP contribution in [0.3, 0.4) is 0 Å². The first kappa shape index (κ1) is 14.3. The number of nitrogens with one attached hydrogen (secondary N) is 2. The van der Waals surface area contributed by atoms with Crippen LogP contribution in [0.5, 0.6) is 0 Å². The molecule has 0 atom stereocenters. The van der Waals surface area contributed by atoms with E-state index >= 15 is 0 Å². The minimum absolute atomic E-state index is 0.421. The van der Waals surface area contributed by atoms with E-state index in [0.29, 0.717) is 5.92 Å². The molecule has 0 aliphatic rings. The minimum atomic E-state index is 0.421. The van der Waals surface area contributed by atoms with Gasteiger partial charge in [0, 0.05) is 30.3 Å². The quantitative estimate of drug-likeness (QED) is 0.725. The van der Waals surface area contributed by atoms with Gasteiger partial charge in [-0.3, -0.25) is 0 Å². The van der Waals surface area contributed by atoms with Crippen molar-refractivity contribution in [3.63, 3.8) is 0 Å². The molecule has 3 rings (SSSR count). The molecule has 0 aliphatic heterocycles. The highest BCUT2D eigenvalue weighted by molar-refractivity contribution is 5.40. The molecule has 1 heterocycles. The maximum absolute atomic E-state index is 3.49. The molecule has 2 aromatic carbocycles. The van der Waals surface area contributed by atoms with Gasteiger partial charge in [0.25, 0.3) is 0 Å². The summed E-state index contributed by atoms with van der Waals surface area (Å²) >= 11 is 0. The molecular weight excluding hydrogens is 268 g/mol. The van der Waals surface area contributed by atoms with Gasteiger partial charge in [-0.05, 0) is 17.5 Å². The molecule has 110 valence electrons. The second-order valence-electron chi connectivity index (χ2n) is 5.38. The van der Waals surface area contributed by atoms with Crippen molar-refractivity contribution >= 4 is 5.69 Å². The van der Waals surface area contributed by atoms with Crippen LogP contribution in [0.2, 0.25) is 0 Å². The lowest BCUT2D eigenvalue weighted by atomic mass is 9.88. The van der Waals surface area contributed by atoms with E-state index in [-0.39, 0.29) is 0 Å². The van der Waals surface area contributed by atoms with Crippen LogP contribution in [-0.2, 0) is 0 Å². The van der Waals surface area contributed by atoms with Crippen LogP contribution < -0.4 is 10.3 Å². The summed E-state index contributed by atoms with van der Waals surface area (Å²) in [4.78, 5) is 3.04. The van der Waals surface area contributed by atoms with E-state index < -0.39 is 0 Å². The average molecular weight is 289 g/mol. The van der Waals surface area contributed by atoms with Crippen molar-refractivity contribution in [2.24, 2.45) is 0 Å². The van der Waals surface area contributed by atoms with E-state index in [2.05, 4.69) is 83.1 Å². The van der Waals surface area contributed by atoms with Crippen molar-refractivity contribution in [1.82, 2.24) is 0 Å². The van der Waals surface area contributed by atoms with Crippen LogP contribution in [0.15, 0.2) is 85.2 Å². The van der Waals surface area contributed by atoms with Crippen LogP contribution in [0.1, 0.15) is 23.5 Å². The molecule has 2 nitrogen and oxygen atoms in total. The van der Waals surface area contributed by atoms with Gasteiger partial charge in [-0.15, -0.1) is 0 Å². The highest BCUT2D eigenvalue weighted by atomic mass is 14.9. The topological polar surface area (TPSA) is 26.2 Å². The predicted molar refractivity (Wildman–Crippen MR) is 90.8 cm³/mol. The Bertz CT molecular complexity index is 626. The van der Waals surface area contributed by atoms with Crippen molar-refractivity contribution in [2.75, 3.05) is 11.9 Å². The number of anilines is 1. The highest BCUT2D eigenvalue weighted by Gasteiger charge is 2.13. The number of hydrogen-bond donors (Lipinski definition) is 1. The van der Waals surface area contributed by atoms with Gasteiger partial charge in [-0.25, -0.2) is 4.98 Å². The van der Waals surface area contributed by atoms with Gasteiger partial charge in [0.15, 0.2) is 12.4 Å². The van der Waals surface area contributed by atoms with Gasteiger partial charge in [0.1, 0.15) is 0 Å². The molecule has 0 bridgehead atoms. The van der Waals surface area contributed by atoms with Crippen LogP contribution in [0.25, 0.3) is 0 Å². The van der Waals surface area contributed by atoms with Gasteiger partial charge < -0.3 is 5.32 Å². The van der Waals surface area contributed by atoms with Crippen LogP contribution in [0, 0.1) is 0 Å². The average Bonchev–Trinajstić information content (AvgIpc) is 2.61. The third kappa shape index (κ3) is 3.73. The number of hydrogen-bond acceptors (Lipinski definition) is 1. The summed E-state index contributed by atoms with van der Waals surface area (Å²) in [5.74, 6) is 0.421. The molecule has 22 heavy (non-hydrogen) atoms. The van der Waals surface area contributed by atoms with Crippen molar-refractivity contribution in [2.45, 2.75) is 12.3 Å². The molecule has 0 amide bonds. The molecule has 2 heteroatoms. The lowest BCUT2D eigenvalue weighted by Crippen LogP contribution is -2.10. The first-order valence-corrected chi connectivity index (χ1v) is 7.73. The SMILES string of the molecule is c1ccc(C(CCNc2cc[nH+]cc2)c2ccccc2)cc1. The standard InChI is InChI=1S/C20H20N2/c1-3-7-17(8-4-1)20(18-9-5-2-6-10-18)13-16-22-19-11-14-21-15-12-19/h1-12,14-15,20H,13,16H2,(H,21,22)/p+1. The lowest BCUT2D eigenvalue weighted by molar-refractivity contribution is -0.377. The third-order valence-corrected chi connectivity index (χ3v) is 3.88. The first-order valence-electron chi connectivity index (χ1n) is 7.73.